The van der Waals surface area contributed by atoms with Gasteiger partial charge in [0.2, 0.25) is 5.09 Å². The number of hydrogen-bond donors (Lipinski definition) is 2. The third kappa shape index (κ3) is 2.14. The molecule has 0 radical (unpaired) electrons. The molecule has 0 bridgehead atoms. The van der Waals surface area contributed by atoms with Gasteiger partial charge >= 0.3 is 0 Å². The van der Waals surface area contributed by atoms with E-state index in [1.807, 2.05) is 13.8 Å². The molecule has 1 saturated carbocycles. The van der Waals surface area contributed by atoms with Crippen LogP contribution in [0.2, 0.25) is 0 Å². The Balaban J connectivity index is 2.13. The highest BCUT2D eigenvalue weighted by Crippen LogP contribution is 2.45. The zero-order chi connectivity index (χ0) is 12.0. The number of furan rings is 1. The van der Waals surface area contributed by atoms with Crippen molar-refractivity contribution in [2.24, 2.45) is 5.41 Å². The number of rotatable bonds is 4. The van der Waals surface area contributed by atoms with Crippen LogP contribution in [0.5, 0.6) is 0 Å². The van der Waals surface area contributed by atoms with E-state index < -0.39 is 10.0 Å². The smallest absolute Gasteiger partial charge is 0.274 e. The SMILES string of the molecule is CC1(C)CC1NS(=O)(=O)c1ccc(CO)o1. The molecule has 1 aliphatic carbocycles. The fourth-order valence-corrected chi connectivity index (χ4v) is 2.86. The predicted molar refractivity (Wildman–Crippen MR) is 57.1 cm³/mol. The molecule has 16 heavy (non-hydrogen) atoms. The van der Waals surface area contributed by atoms with E-state index in [4.69, 9.17) is 9.52 Å². The molecule has 0 spiro atoms. The first kappa shape index (κ1) is 11.6. The molecule has 1 aliphatic rings. The molecule has 5 nitrogen and oxygen atoms in total. The average Bonchev–Trinajstić information content (AvgIpc) is 2.68. The fraction of sp³-hybridized carbons (Fsp3) is 0.600. The largest absolute Gasteiger partial charge is 0.446 e. The number of nitrogens with one attached hydrogen (secondary N) is 1. The Labute approximate surface area is 94.5 Å². The van der Waals surface area contributed by atoms with E-state index >= 15 is 0 Å². The first-order chi connectivity index (χ1) is 7.35. The topological polar surface area (TPSA) is 79.5 Å². The number of aliphatic hydroxyl groups excluding tert-OH is 1. The number of aliphatic hydroxyl groups is 1. The Morgan fingerprint density at radius 3 is 2.62 bits per heavy atom. The van der Waals surface area contributed by atoms with Gasteiger partial charge in [-0.15, -0.1) is 0 Å². The Morgan fingerprint density at radius 1 is 1.56 bits per heavy atom. The van der Waals surface area contributed by atoms with Crippen molar-refractivity contribution >= 4 is 10.0 Å². The lowest BCUT2D eigenvalue weighted by Crippen LogP contribution is -2.28. The molecule has 1 aromatic rings. The third-order valence-electron chi connectivity index (χ3n) is 2.87. The van der Waals surface area contributed by atoms with Crippen molar-refractivity contribution in [2.75, 3.05) is 0 Å². The number of hydrogen-bond acceptors (Lipinski definition) is 4. The standard InChI is InChI=1S/C10H15NO4S/c1-10(2)5-8(10)11-16(13,14)9-4-3-7(6-12)15-9/h3-4,8,11-12H,5-6H2,1-2H3. The Morgan fingerprint density at radius 2 is 2.19 bits per heavy atom. The first-order valence-corrected chi connectivity index (χ1v) is 6.55. The summed E-state index contributed by atoms with van der Waals surface area (Å²) in [5.74, 6) is 0.246. The fourth-order valence-electron chi connectivity index (χ4n) is 1.50. The van der Waals surface area contributed by atoms with Gasteiger partial charge in [-0.3, -0.25) is 0 Å². The van der Waals surface area contributed by atoms with Gasteiger partial charge in [-0.25, -0.2) is 13.1 Å². The molecular weight excluding hydrogens is 230 g/mol. The highest BCUT2D eigenvalue weighted by atomic mass is 32.2. The van der Waals surface area contributed by atoms with Crippen LogP contribution in [-0.2, 0) is 16.6 Å². The van der Waals surface area contributed by atoms with Gasteiger partial charge in [0.25, 0.3) is 10.0 Å². The Hall–Kier alpha value is -0.850. The summed E-state index contributed by atoms with van der Waals surface area (Å²) in [7, 11) is -3.59. The van der Waals surface area contributed by atoms with Crippen molar-refractivity contribution in [1.82, 2.24) is 4.72 Å². The van der Waals surface area contributed by atoms with E-state index in [9.17, 15) is 8.42 Å². The second-order valence-corrected chi connectivity index (χ2v) is 6.39. The van der Waals surface area contributed by atoms with E-state index in [0.29, 0.717) is 0 Å². The maximum Gasteiger partial charge on any atom is 0.274 e. The van der Waals surface area contributed by atoms with E-state index in [1.165, 1.54) is 12.1 Å². The van der Waals surface area contributed by atoms with E-state index in [-0.39, 0.29) is 28.9 Å². The van der Waals surface area contributed by atoms with E-state index in [2.05, 4.69) is 4.72 Å². The minimum atomic E-state index is -3.59. The van der Waals surface area contributed by atoms with Gasteiger partial charge in [-0.2, -0.15) is 0 Å². The molecule has 1 unspecified atom stereocenters. The average molecular weight is 245 g/mol. The van der Waals surface area contributed by atoms with Gasteiger partial charge in [-0.1, -0.05) is 13.8 Å². The van der Waals surface area contributed by atoms with Gasteiger partial charge in [0.05, 0.1) is 0 Å². The molecule has 1 aromatic heterocycles. The van der Waals surface area contributed by atoms with Crippen LogP contribution >= 0.6 is 0 Å². The van der Waals surface area contributed by atoms with E-state index in [0.717, 1.165) is 6.42 Å². The third-order valence-corrected chi connectivity index (χ3v) is 4.21. The van der Waals surface area contributed by atoms with Gasteiger partial charge in [0.15, 0.2) is 0 Å². The van der Waals surface area contributed by atoms with Crippen molar-refractivity contribution in [3.63, 3.8) is 0 Å². The molecular formula is C10H15NO4S. The summed E-state index contributed by atoms with van der Waals surface area (Å²) >= 11 is 0. The summed E-state index contributed by atoms with van der Waals surface area (Å²) in [6, 6.07) is 2.77. The highest BCUT2D eigenvalue weighted by Gasteiger charge is 2.48. The summed E-state index contributed by atoms with van der Waals surface area (Å²) in [5.41, 5.74) is 0.0273. The van der Waals surface area contributed by atoms with Crippen molar-refractivity contribution in [2.45, 2.75) is 38.0 Å². The van der Waals surface area contributed by atoms with Crippen LogP contribution < -0.4 is 4.72 Å². The lowest BCUT2D eigenvalue weighted by molar-refractivity contribution is 0.236. The van der Waals surface area contributed by atoms with Crippen LogP contribution in [0.4, 0.5) is 0 Å². The summed E-state index contributed by atoms with van der Waals surface area (Å²) in [5, 5.41) is 8.65. The maximum atomic E-state index is 11.8. The molecule has 6 heteroatoms. The normalized spacial score (nSPS) is 23.3. The van der Waals surface area contributed by atoms with Crippen molar-refractivity contribution in [3.8, 4) is 0 Å². The van der Waals surface area contributed by atoms with Gasteiger partial charge < -0.3 is 9.52 Å². The van der Waals surface area contributed by atoms with Gasteiger partial charge in [0.1, 0.15) is 12.4 Å². The predicted octanol–water partition coefficient (Wildman–Crippen LogP) is 0.849. The van der Waals surface area contributed by atoms with Gasteiger partial charge in [-0.05, 0) is 24.0 Å². The summed E-state index contributed by atoms with van der Waals surface area (Å²) in [6.45, 7) is 3.70. The van der Waals surface area contributed by atoms with Crippen LogP contribution in [0.3, 0.4) is 0 Å². The highest BCUT2D eigenvalue weighted by molar-refractivity contribution is 7.89. The lowest BCUT2D eigenvalue weighted by atomic mass is 10.2. The molecule has 1 atom stereocenters. The molecule has 1 heterocycles. The molecule has 0 amide bonds. The lowest BCUT2D eigenvalue weighted by Gasteiger charge is -2.05. The number of sulfonamides is 1. The minimum Gasteiger partial charge on any atom is -0.446 e. The van der Waals surface area contributed by atoms with Crippen LogP contribution in [0.1, 0.15) is 26.0 Å². The van der Waals surface area contributed by atoms with Crippen molar-refractivity contribution in [1.29, 1.82) is 0 Å². The molecule has 0 saturated heterocycles. The summed E-state index contributed by atoms with van der Waals surface area (Å²) in [6.07, 6.45) is 0.833. The maximum absolute atomic E-state index is 11.8. The minimum absolute atomic E-state index is 0.0273. The summed E-state index contributed by atoms with van der Waals surface area (Å²) in [4.78, 5) is 0. The molecule has 90 valence electrons. The molecule has 2 rings (SSSR count). The van der Waals surface area contributed by atoms with Crippen LogP contribution in [0.15, 0.2) is 21.6 Å². The molecule has 0 aliphatic heterocycles. The van der Waals surface area contributed by atoms with Crippen LogP contribution in [0, 0.1) is 5.41 Å². The van der Waals surface area contributed by atoms with Gasteiger partial charge in [0, 0.05) is 6.04 Å². The molecule has 0 aromatic carbocycles. The molecule has 1 fully saturated rings. The Bertz CT molecular complexity index is 489. The second-order valence-electron chi connectivity index (χ2n) is 4.75. The zero-order valence-corrected chi connectivity index (χ0v) is 10.0. The second kappa shape index (κ2) is 3.58. The van der Waals surface area contributed by atoms with E-state index in [1.54, 1.807) is 0 Å². The van der Waals surface area contributed by atoms with Crippen molar-refractivity contribution in [3.05, 3.63) is 17.9 Å². The first-order valence-electron chi connectivity index (χ1n) is 5.07. The zero-order valence-electron chi connectivity index (χ0n) is 9.23. The monoisotopic (exact) mass is 245 g/mol. The summed E-state index contributed by atoms with van der Waals surface area (Å²) < 4.78 is 31.2. The molecule has 2 N–H and O–H groups in total. The van der Waals surface area contributed by atoms with Crippen molar-refractivity contribution < 1.29 is 17.9 Å². The van der Waals surface area contributed by atoms with Crippen LogP contribution in [-0.4, -0.2) is 19.6 Å². The Kier molecular flexibility index (Phi) is 2.60. The quantitative estimate of drug-likeness (QED) is 0.824. The van der Waals surface area contributed by atoms with Crippen LogP contribution in [0.25, 0.3) is 0 Å².